The Balaban J connectivity index is 2.70. The van der Waals surface area contributed by atoms with Gasteiger partial charge in [-0.2, -0.15) is 0 Å². The molecule has 0 aliphatic rings. The van der Waals surface area contributed by atoms with Gasteiger partial charge >= 0.3 is 0 Å². The summed E-state index contributed by atoms with van der Waals surface area (Å²) in [5.74, 6) is 0.519. The van der Waals surface area contributed by atoms with E-state index in [0.29, 0.717) is 30.9 Å². The molecule has 0 unspecified atom stereocenters. The number of methoxy groups -OCH3 is 1. The molecule has 2 aromatic rings. The fraction of sp³-hybridized carbons (Fsp3) is 0.385. The lowest BCUT2D eigenvalue weighted by Gasteiger charge is -2.07. The van der Waals surface area contributed by atoms with Crippen molar-refractivity contribution in [1.82, 2.24) is 4.57 Å². The van der Waals surface area contributed by atoms with Crippen molar-refractivity contribution < 1.29 is 17.9 Å². The van der Waals surface area contributed by atoms with Crippen molar-refractivity contribution in [3.05, 3.63) is 24.4 Å². The number of ether oxygens (including phenoxy) is 2. The highest BCUT2D eigenvalue weighted by molar-refractivity contribution is 7.89. The third-order valence-corrected chi connectivity index (χ3v) is 3.90. The summed E-state index contributed by atoms with van der Waals surface area (Å²) in [6.45, 7) is 3.31. The molecule has 6 nitrogen and oxygen atoms in total. The Kier molecular flexibility index (Phi) is 4.32. The van der Waals surface area contributed by atoms with E-state index in [0.717, 1.165) is 5.52 Å². The van der Waals surface area contributed by atoms with E-state index in [9.17, 15) is 8.42 Å². The Bertz CT molecular complexity index is 706. The number of aromatic nitrogens is 1. The molecule has 1 aromatic heterocycles. The first kappa shape index (κ1) is 14.8. The molecule has 2 rings (SSSR count). The van der Waals surface area contributed by atoms with Crippen LogP contribution in [-0.4, -0.2) is 33.3 Å². The highest BCUT2D eigenvalue weighted by Crippen LogP contribution is 2.33. The lowest BCUT2D eigenvalue weighted by molar-refractivity contribution is 0.188. The third-order valence-electron chi connectivity index (χ3n) is 2.98. The summed E-state index contributed by atoms with van der Waals surface area (Å²) < 4.78 is 35.9. The number of fused-ring (bicyclic) bond motifs is 1. The molecule has 20 heavy (non-hydrogen) atoms. The van der Waals surface area contributed by atoms with Gasteiger partial charge in [-0.1, -0.05) is 6.07 Å². The number of primary sulfonamides is 1. The van der Waals surface area contributed by atoms with Crippen LogP contribution >= 0.6 is 0 Å². The Hall–Kier alpha value is -1.57. The maximum Gasteiger partial charge on any atom is 0.240 e. The molecule has 110 valence electrons. The highest BCUT2D eigenvalue weighted by atomic mass is 32.2. The lowest BCUT2D eigenvalue weighted by atomic mass is 10.2. The Morgan fingerprint density at radius 3 is 2.70 bits per heavy atom. The molecular formula is C13H18N2O4S. The van der Waals surface area contributed by atoms with Crippen LogP contribution in [0.3, 0.4) is 0 Å². The zero-order valence-electron chi connectivity index (χ0n) is 11.5. The summed E-state index contributed by atoms with van der Waals surface area (Å²) in [5, 5.41) is 5.82. The number of hydrogen-bond acceptors (Lipinski definition) is 4. The van der Waals surface area contributed by atoms with Crippen molar-refractivity contribution in [3.63, 3.8) is 0 Å². The van der Waals surface area contributed by atoms with Gasteiger partial charge in [0, 0.05) is 19.9 Å². The molecule has 0 aliphatic carbocycles. The van der Waals surface area contributed by atoms with E-state index in [-0.39, 0.29) is 4.90 Å². The van der Waals surface area contributed by atoms with Crippen LogP contribution in [0.15, 0.2) is 29.3 Å². The van der Waals surface area contributed by atoms with Crippen LogP contribution < -0.4 is 9.88 Å². The number of sulfonamides is 1. The van der Waals surface area contributed by atoms with E-state index >= 15 is 0 Å². The van der Waals surface area contributed by atoms with Crippen molar-refractivity contribution in [1.29, 1.82) is 0 Å². The van der Waals surface area contributed by atoms with Gasteiger partial charge < -0.3 is 14.0 Å². The van der Waals surface area contributed by atoms with Crippen LogP contribution in [-0.2, 0) is 21.3 Å². The molecule has 1 aromatic carbocycles. The highest BCUT2D eigenvalue weighted by Gasteiger charge is 2.20. The molecular weight excluding hydrogens is 280 g/mol. The Morgan fingerprint density at radius 1 is 1.35 bits per heavy atom. The Labute approximate surface area is 118 Å². The molecule has 0 saturated carbocycles. The normalized spacial score (nSPS) is 11.9. The third kappa shape index (κ3) is 2.79. The maximum absolute atomic E-state index is 11.8. The second kappa shape index (κ2) is 5.82. The first-order valence-electron chi connectivity index (χ1n) is 6.25. The monoisotopic (exact) mass is 298 g/mol. The van der Waals surface area contributed by atoms with Gasteiger partial charge in [-0.3, -0.25) is 0 Å². The molecule has 7 heteroatoms. The lowest BCUT2D eigenvalue weighted by Crippen LogP contribution is -2.12. The Morgan fingerprint density at radius 2 is 2.10 bits per heavy atom. The molecule has 0 radical (unpaired) electrons. The molecule has 2 N–H and O–H groups in total. The second-order valence-corrected chi connectivity index (χ2v) is 5.84. The minimum atomic E-state index is -3.82. The standard InChI is InChI=1S/C13H18N2O4S/c1-3-19-11-6-4-5-10-13(11)12(20(14,16)17)9-15(10)7-8-18-2/h4-6,9H,3,7-8H2,1-2H3,(H2,14,16,17). The molecule has 0 fully saturated rings. The van der Waals surface area contributed by atoms with Crippen LogP contribution in [0.25, 0.3) is 10.9 Å². The maximum atomic E-state index is 11.8. The topological polar surface area (TPSA) is 83.5 Å². The molecule has 0 saturated heterocycles. The molecule has 0 spiro atoms. The number of rotatable bonds is 6. The fourth-order valence-electron chi connectivity index (χ4n) is 2.15. The van der Waals surface area contributed by atoms with Crippen molar-refractivity contribution in [2.24, 2.45) is 5.14 Å². The van der Waals surface area contributed by atoms with Gasteiger partial charge in [-0.25, -0.2) is 13.6 Å². The minimum absolute atomic E-state index is 0.0765. The molecule has 0 amide bonds. The van der Waals surface area contributed by atoms with Gasteiger partial charge in [0.15, 0.2) is 0 Å². The largest absolute Gasteiger partial charge is 0.493 e. The fourth-order valence-corrected chi connectivity index (χ4v) is 2.91. The predicted octanol–water partition coefficient (Wildman–Crippen LogP) is 1.33. The van der Waals surface area contributed by atoms with Gasteiger partial charge in [0.2, 0.25) is 10.0 Å². The molecule has 0 bridgehead atoms. The predicted molar refractivity (Wildman–Crippen MR) is 76.4 cm³/mol. The second-order valence-electron chi connectivity index (χ2n) is 4.31. The molecule has 0 aliphatic heterocycles. The van der Waals surface area contributed by atoms with Crippen LogP contribution in [0, 0.1) is 0 Å². The summed E-state index contributed by atoms with van der Waals surface area (Å²) in [6.07, 6.45) is 1.53. The van der Waals surface area contributed by atoms with Gasteiger partial charge in [0.25, 0.3) is 0 Å². The first-order valence-corrected chi connectivity index (χ1v) is 7.80. The average molecular weight is 298 g/mol. The smallest absolute Gasteiger partial charge is 0.240 e. The van der Waals surface area contributed by atoms with Crippen molar-refractivity contribution >= 4 is 20.9 Å². The van der Waals surface area contributed by atoms with Gasteiger partial charge in [-0.15, -0.1) is 0 Å². The summed E-state index contributed by atoms with van der Waals surface area (Å²) in [7, 11) is -2.22. The van der Waals surface area contributed by atoms with Crippen molar-refractivity contribution in [2.45, 2.75) is 18.4 Å². The summed E-state index contributed by atoms with van der Waals surface area (Å²) >= 11 is 0. The van der Waals surface area contributed by atoms with E-state index in [1.165, 1.54) is 6.20 Å². The zero-order chi connectivity index (χ0) is 14.8. The number of hydrogen-bond donors (Lipinski definition) is 1. The van der Waals surface area contributed by atoms with E-state index in [1.807, 2.05) is 19.1 Å². The van der Waals surface area contributed by atoms with Gasteiger partial charge in [-0.05, 0) is 19.1 Å². The first-order chi connectivity index (χ1) is 9.49. The van der Waals surface area contributed by atoms with Gasteiger partial charge in [0.05, 0.1) is 24.1 Å². The van der Waals surface area contributed by atoms with Crippen LogP contribution in [0.4, 0.5) is 0 Å². The van der Waals surface area contributed by atoms with E-state index < -0.39 is 10.0 Å². The van der Waals surface area contributed by atoms with Gasteiger partial charge in [0.1, 0.15) is 10.6 Å². The average Bonchev–Trinajstić information content (AvgIpc) is 2.76. The zero-order valence-corrected chi connectivity index (χ0v) is 12.3. The van der Waals surface area contributed by atoms with E-state index in [2.05, 4.69) is 0 Å². The number of nitrogens with zero attached hydrogens (tertiary/aromatic N) is 1. The number of nitrogens with two attached hydrogens (primary N) is 1. The summed E-state index contributed by atoms with van der Waals surface area (Å²) in [6, 6.07) is 5.40. The molecule has 1 heterocycles. The SMILES string of the molecule is CCOc1cccc2c1c(S(N)(=O)=O)cn2CCOC. The molecule has 0 atom stereocenters. The van der Waals surface area contributed by atoms with Crippen LogP contribution in [0.2, 0.25) is 0 Å². The summed E-state index contributed by atoms with van der Waals surface area (Å²) in [4.78, 5) is 0.0765. The number of benzene rings is 1. The van der Waals surface area contributed by atoms with Crippen LogP contribution in [0.5, 0.6) is 5.75 Å². The van der Waals surface area contributed by atoms with E-state index in [4.69, 9.17) is 14.6 Å². The van der Waals surface area contributed by atoms with Crippen molar-refractivity contribution in [3.8, 4) is 5.75 Å². The van der Waals surface area contributed by atoms with Crippen molar-refractivity contribution in [2.75, 3.05) is 20.3 Å². The minimum Gasteiger partial charge on any atom is -0.493 e. The van der Waals surface area contributed by atoms with E-state index in [1.54, 1.807) is 17.7 Å². The van der Waals surface area contributed by atoms with Crippen LogP contribution in [0.1, 0.15) is 6.92 Å². The quantitative estimate of drug-likeness (QED) is 0.872. The summed E-state index contributed by atoms with van der Waals surface area (Å²) in [5.41, 5.74) is 0.761.